The maximum Gasteiger partial charge on any atom is 0.303 e. The van der Waals surface area contributed by atoms with Gasteiger partial charge in [0, 0.05) is 19.4 Å². The standard InChI is InChI=1S/C15H30N2O3/c1-15(2,3)12(7-8-14(19)20)9-11-17-13(18)6-5-10-16-4/h12,16H,5-11H2,1-4H3,(H,17,18)(H,19,20). The highest BCUT2D eigenvalue weighted by Crippen LogP contribution is 2.32. The maximum absolute atomic E-state index is 11.6. The van der Waals surface area contributed by atoms with E-state index < -0.39 is 5.97 Å². The fourth-order valence-electron chi connectivity index (χ4n) is 2.21. The number of hydrogen-bond donors (Lipinski definition) is 3. The molecule has 0 aliphatic carbocycles. The molecule has 0 aromatic carbocycles. The topological polar surface area (TPSA) is 78.4 Å². The molecule has 1 unspecified atom stereocenters. The van der Waals surface area contributed by atoms with Gasteiger partial charge in [-0.1, -0.05) is 20.8 Å². The number of carbonyl (C=O) groups is 2. The van der Waals surface area contributed by atoms with Gasteiger partial charge in [0.15, 0.2) is 0 Å². The van der Waals surface area contributed by atoms with E-state index in [4.69, 9.17) is 5.11 Å². The smallest absolute Gasteiger partial charge is 0.303 e. The van der Waals surface area contributed by atoms with Crippen molar-refractivity contribution < 1.29 is 14.7 Å². The van der Waals surface area contributed by atoms with E-state index in [2.05, 4.69) is 31.4 Å². The molecular weight excluding hydrogens is 256 g/mol. The second-order valence-electron chi connectivity index (χ2n) is 6.34. The Balaban J connectivity index is 4.01. The zero-order valence-corrected chi connectivity index (χ0v) is 13.3. The van der Waals surface area contributed by atoms with Gasteiger partial charge in [0.1, 0.15) is 0 Å². The number of rotatable bonds is 10. The molecule has 0 aromatic rings. The largest absolute Gasteiger partial charge is 0.481 e. The minimum absolute atomic E-state index is 0.0618. The van der Waals surface area contributed by atoms with Gasteiger partial charge in [0.05, 0.1) is 0 Å². The van der Waals surface area contributed by atoms with Crippen LogP contribution < -0.4 is 10.6 Å². The van der Waals surface area contributed by atoms with E-state index >= 15 is 0 Å². The van der Waals surface area contributed by atoms with Crippen molar-refractivity contribution in [3.05, 3.63) is 0 Å². The average molecular weight is 286 g/mol. The number of nitrogens with one attached hydrogen (secondary N) is 2. The molecule has 1 atom stereocenters. The molecule has 0 fully saturated rings. The van der Waals surface area contributed by atoms with Crippen LogP contribution in [0.3, 0.4) is 0 Å². The van der Waals surface area contributed by atoms with E-state index in [1.807, 2.05) is 7.05 Å². The SMILES string of the molecule is CNCCCC(=O)NCCC(CCC(=O)O)C(C)(C)C. The minimum atomic E-state index is -0.754. The zero-order chi connectivity index (χ0) is 15.6. The molecule has 0 saturated carbocycles. The fourth-order valence-corrected chi connectivity index (χ4v) is 2.21. The van der Waals surface area contributed by atoms with Gasteiger partial charge in [0.25, 0.3) is 0 Å². The molecule has 0 rings (SSSR count). The van der Waals surface area contributed by atoms with Crippen LogP contribution >= 0.6 is 0 Å². The number of carbonyl (C=O) groups excluding carboxylic acids is 1. The first-order valence-corrected chi connectivity index (χ1v) is 7.40. The number of carboxylic acids is 1. The van der Waals surface area contributed by atoms with Crippen LogP contribution in [0.1, 0.15) is 52.9 Å². The average Bonchev–Trinajstić information content (AvgIpc) is 2.31. The quantitative estimate of drug-likeness (QED) is 0.537. The van der Waals surface area contributed by atoms with Crippen LogP contribution in [-0.4, -0.2) is 37.1 Å². The van der Waals surface area contributed by atoms with Crippen molar-refractivity contribution in [3.63, 3.8) is 0 Å². The normalized spacial score (nSPS) is 13.0. The predicted octanol–water partition coefficient (Wildman–Crippen LogP) is 2.02. The van der Waals surface area contributed by atoms with Gasteiger partial charge in [-0.25, -0.2) is 0 Å². The molecule has 0 heterocycles. The Labute approximate surface area is 122 Å². The summed E-state index contributed by atoms with van der Waals surface area (Å²) in [4.78, 5) is 22.3. The summed E-state index contributed by atoms with van der Waals surface area (Å²) in [6.45, 7) is 7.83. The molecule has 5 nitrogen and oxygen atoms in total. The summed E-state index contributed by atoms with van der Waals surface area (Å²) < 4.78 is 0. The van der Waals surface area contributed by atoms with E-state index in [-0.39, 0.29) is 17.7 Å². The van der Waals surface area contributed by atoms with Gasteiger partial charge >= 0.3 is 5.97 Å². The highest BCUT2D eigenvalue weighted by atomic mass is 16.4. The Morgan fingerprint density at radius 3 is 2.25 bits per heavy atom. The van der Waals surface area contributed by atoms with Crippen LogP contribution in [0.5, 0.6) is 0 Å². The first-order chi connectivity index (χ1) is 9.27. The number of aliphatic carboxylic acids is 1. The van der Waals surface area contributed by atoms with Crippen molar-refractivity contribution in [1.82, 2.24) is 10.6 Å². The third-order valence-electron chi connectivity index (χ3n) is 3.58. The molecule has 0 bridgehead atoms. The van der Waals surface area contributed by atoms with E-state index in [1.54, 1.807) is 0 Å². The maximum atomic E-state index is 11.6. The van der Waals surface area contributed by atoms with Gasteiger partial charge in [-0.2, -0.15) is 0 Å². The Morgan fingerprint density at radius 2 is 1.75 bits per heavy atom. The lowest BCUT2D eigenvalue weighted by Gasteiger charge is -2.30. The molecule has 0 spiro atoms. The number of hydrogen-bond acceptors (Lipinski definition) is 3. The van der Waals surface area contributed by atoms with Crippen LogP contribution in [0.15, 0.2) is 0 Å². The van der Waals surface area contributed by atoms with Gasteiger partial charge in [-0.15, -0.1) is 0 Å². The summed E-state index contributed by atoms with van der Waals surface area (Å²) in [7, 11) is 1.87. The van der Waals surface area contributed by atoms with Gasteiger partial charge in [-0.3, -0.25) is 9.59 Å². The van der Waals surface area contributed by atoms with Crippen molar-refractivity contribution in [2.45, 2.75) is 52.9 Å². The lowest BCUT2D eigenvalue weighted by molar-refractivity contribution is -0.137. The van der Waals surface area contributed by atoms with E-state index in [0.29, 0.717) is 25.3 Å². The monoisotopic (exact) mass is 286 g/mol. The highest BCUT2D eigenvalue weighted by molar-refractivity contribution is 5.75. The molecule has 5 heteroatoms. The predicted molar refractivity (Wildman–Crippen MR) is 80.6 cm³/mol. The molecular formula is C15H30N2O3. The molecule has 3 N–H and O–H groups in total. The van der Waals surface area contributed by atoms with Gasteiger partial charge < -0.3 is 15.7 Å². The third kappa shape index (κ3) is 9.78. The summed E-state index contributed by atoms with van der Waals surface area (Å²) >= 11 is 0. The first-order valence-electron chi connectivity index (χ1n) is 7.40. The third-order valence-corrected chi connectivity index (χ3v) is 3.58. The second-order valence-corrected chi connectivity index (χ2v) is 6.34. The van der Waals surface area contributed by atoms with Crippen LogP contribution in [0.2, 0.25) is 0 Å². The Kier molecular flexibility index (Phi) is 9.21. The Morgan fingerprint density at radius 1 is 1.10 bits per heavy atom. The second kappa shape index (κ2) is 9.75. The van der Waals surface area contributed by atoms with Crippen molar-refractivity contribution in [2.24, 2.45) is 11.3 Å². The van der Waals surface area contributed by atoms with Crippen molar-refractivity contribution in [1.29, 1.82) is 0 Å². The minimum Gasteiger partial charge on any atom is -0.481 e. The lowest BCUT2D eigenvalue weighted by atomic mass is 9.76. The van der Waals surface area contributed by atoms with Gasteiger partial charge in [0.2, 0.25) is 5.91 Å². The fraction of sp³-hybridized carbons (Fsp3) is 0.867. The lowest BCUT2D eigenvalue weighted by Crippen LogP contribution is -2.30. The van der Waals surface area contributed by atoms with Crippen molar-refractivity contribution in [2.75, 3.05) is 20.1 Å². The molecule has 0 aliphatic rings. The van der Waals surface area contributed by atoms with Crippen LogP contribution in [0.25, 0.3) is 0 Å². The summed E-state index contributed by atoms with van der Waals surface area (Å²) in [5.41, 5.74) is 0.0618. The van der Waals surface area contributed by atoms with Crippen LogP contribution in [-0.2, 0) is 9.59 Å². The molecule has 118 valence electrons. The highest BCUT2D eigenvalue weighted by Gasteiger charge is 2.24. The number of amides is 1. The molecule has 0 aliphatic heterocycles. The molecule has 0 saturated heterocycles. The van der Waals surface area contributed by atoms with Crippen molar-refractivity contribution in [3.8, 4) is 0 Å². The summed E-state index contributed by atoms with van der Waals surface area (Å²) in [5, 5.41) is 14.7. The van der Waals surface area contributed by atoms with Crippen LogP contribution in [0.4, 0.5) is 0 Å². The Bertz CT molecular complexity index is 298. The Hall–Kier alpha value is -1.10. The molecule has 0 radical (unpaired) electrons. The summed E-state index contributed by atoms with van der Waals surface area (Å²) in [6.07, 6.45) is 3.06. The van der Waals surface area contributed by atoms with Gasteiger partial charge in [-0.05, 0) is 44.2 Å². The molecule has 0 aromatic heterocycles. The first kappa shape index (κ1) is 18.9. The van der Waals surface area contributed by atoms with E-state index in [1.165, 1.54) is 0 Å². The number of carboxylic acid groups (broad SMARTS) is 1. The zero-order valence-electron chi connectivity index (χ0n) is 13.3. The molecule has 20 heavy (non-hydrogen) atoms. The van der Waals surface area contributed by atoms with Crippen molar-refractivity contribution >= 4 is 11.9 Å². The van der Waals surface area contributed by atoms with E-state index in [9.17, 15) is 9.59 Å². The van der Waals surface area contributed by atoms with Crippen LogP contribution in [0, 0.1) is 11.3 Å². The molecule has 1 amide bonds. The summed E-state index contributed by atoms with van der Waals surface area (Å²) in [6, 6.07) is 0. The van der Waals surface area contributed by atoms with E-state index in [0.717, 1.165) is 19.4 Å². The summed E-state index contributed by atoms with van der Waals surface area (Å²) in [5.74, 6) is -0.377.